The van der Waals surface area contributed by atoms with Crippen molar-refractivity contribution >= 4 is 44.0 Å². The van der Waals surface area contributed by atoms with Gasteiger partial charge in [-0.05, 0) is 43.7 Å². The Balaban J connectivity index is 1.57. The highest BCUT2D eigenvalue weighted by Crippen LogP contribution is 2.34. The molecule has 1 N–H and O–H groups in total. The van der Waals surface area contributed by atoms with E-state index in [0.29, 0.717) is 24.3 Å². The number of fused-ring (bicyclic) bond motifs is 5. The molecular formula is C25H23N3O4. The fourth-order valence-electron chi connectivity index (χ4n) is 4.25. The number of benzene rings is 2. The fraction of sp³-hybridized carbons (Fsp3) is 0.240. The molecule has 7 heteroatoms. The molecule has 0 aliphatic rings. The molecule has 7 nitrogen and oxygen atoms in total. The van der Waals surface area contributed by atoms with Gasteiger partial charge < -0.3 is 14.8 Å². The second-order valence-electron chi connectivity index (χ2n) is 7.82. The first-order chi connectivity index (χ1) is 15.6. The van der Waals surface area contributed by atoms with E-state index in [4.69, 9.17) is 9.47 Å². The lowest BCUT2D eigenvalue weighted by Gasteiger charge is -2.14. The van der Waals surface area contributed by atoms with Crippen LogP contribution in [-0.2, 0) is 9.53 Å². The molecule has 0 aliphatic heterocycles. The summed E-state index contributed by atoms with van der Waals surface area (Å²) in [4.78, 5) is 30.2. The second-order valence-corrected chi connectivity index (χ2v) is 7.82. The van der Waals surface area contributed by atoms with Crippen molar-refractivity contribution in [3.8, 4) is 5.75 Å². The molecule has 0 bridgehead atoms. The van der Waals surface area contributed by atoms with Crippen LogP contribution in [0.5, 0.6) is 5.75 Å². The maximum absolute atomic E-state index is 13.3. The van der Waals surface area contributed by atoms with Crippen LogP contribution in [0.3, 0.4) is 0 Å². The van der Waals surface area contributed by atoms with Gasteiger partial charge in [-0.25, -0.2) is 0 Å². The molecule has 162 valence electrons. The largest absolute Gasteiger partial charge is 0.481 e. The predicted octanol–water partition coefficient (Wildman–Crippen LogP) is 3.51. The van der Waals surface area contributed by atoms with Crippen LogP contribution >= 0.6 is 0 Å². The topological polar surface area (TPSA) is 81.9 Å². The molecule has 5 rings (SSSR count). The van der Waals surface area contributed by atoms with Gasteiger partial charge in [0.05, 0.1) is 16.6 Å². The minimum absolute atomic E-state index is 0.0708. The van der Waals surface area contributed by atoms with Crippen LogP contribution in [0, 0.1) is 0 Å². The highest BCUT2D eigenvalue weighted by Gasteiger charge is 2.19. The molecule has 0 saturated carbocycles. The summed E-state index contributed by atoms with van der Waals surface area (Å²) in [6.07, 6.45) is 1.85. The smallest absolute Gasteiger partial charge is 0.263 e. The zero-order chi connectivity index (χ0) is 22.2. The predicted molar refractivity (Wildman–Crippen MR) is 125 cm³/mol. The van der Waals surface area contributed by atoms with E-state index < -0.39 is 6.10 Å². The highest BCUT2D eigenvalue weighted by molar-refractivity contribution is 6.18. The molecule has 0 aliphatic carbocycles. The van der Waals surface area contributed by atoms with Crippen molar-refractivity contribution in [3.63, 3.8) is 0 Å². The summed E-state index contributed by atoms with van der Waals surface area (Å²) in [6.45, 7) is 2.84. The molecule has 0 radical (unpaired) electrons. The summed E-state index contributed by atoms with van der Waals surface area (Å²) < 4.78 is 12.6. The molecule has 2 aromatic carbocycles. The Morgan fingerprint density at radius 2 is 1.91 bits per heavy atom. The van der Waals surface area contributed by atoms with E-state index in [1.165, 1.54) is 0 Å². The van der Waals surface area contributed by atoms with Crippen LogP contribution in [0.15, 0.2) is 59.5 Å². The number of carbonyl (C=O) groups is 1. The number of aromatic nitrogens is 2. The number of ether oxygens (including phenoxy) is 2. The zero-order valence-electron chi connectivity index (χ0n) is 17.9. The van der Waals surface area contributed by atoms with E-state index in [9.17, 15) is 9.59 Å². The number of amides is 1. The first-order valence-corrected chi connectivity index (χ1v) is 10.6. The van der Waals surface area contributed by atoms with Gasteiger partial charge in [0.1, 0.15) is 5.75 Å². The number of hydrogen-bond acceptors (Lipinski definition) is 5. The van der Waals surface area contributed by atoms with Gasteiger partial charge in [0, 0.05) is 48.0 Å². The minimum atomic E-state index is -0.651. The van der Waals surface area contributed by atoms with Gasteiger partial charge in [-0.15, -0.1) is 0 Å². The Morgan fingerprint density at radius 1 is 1.09 bits per heavy atom. The van der Waals surface area contributed by atoms with Gasteiger partial charge >= 0.3 is 0 Å². The van der Waals surface area contributed by atoms with Crippen LogP contribution < -0.4 is 15.6 Å². The third kappa shape index (κ3) is 3.22. The third-order valence-corrected chi connectivity index (χ3v) is 5.77. The summed E-state index contributed by atoms with van der Waals surface area (Å²) in [7, 11) is 1.63. The van der Waals surface area contributed by atoms with Crippen LogP contribution in [0.2, 0.25) is 0 Å². The van der Waals surface area contributed by atoms with E-state index in [-0.39, 0.29) is 11.5 Å². The fourth-order valence-corrected chi connectivity index (χ4v) is 4.25. The Labute approximate surface area is 183 Å². The van der Waals surface area contributed by atoms with Crippen molar-refractivity contribution < 1.29 is 14.3 Å². The summed E-state index contributed by atoms with van der Waals surface area (Å²) in [5.74, 6) is 0.386. The average Bonchev–Trinajstić information content (AvgIpc) is 3.15. The third-order valence-electron chi connectivity index (χ3n) is 5.77. The number of hydrogen-bond donors (Lipinski definition) is 1. The molecule has 0 saturated heterocycles. The molecule has 1 atom stereocenters. The normalized spacial score (nSPS) is 12.7. The number of pyridine rings is 2. The number of nitrogens with zero attached hydrogens (tertiary/aromatic N) is 2. The summed E-state index contributed by atoms with van der Waals surface area (Å²) in [6, 6.07) is 15.0. The molecule has 3 aromatic heterocycles. The van der Waals surface area contributed by atoms with E-state index in [1.54, 1.807) is 30.7 Å². The van der Waals surface area contributed by atoms with Gasteiger partial charge in [-0.3, -0.25) is 19.0 Å². The molecule has 3 heterocycles. The zero-order valence-corrected chi connectivity index (χ0v) is 17.9. The van der Waals surface area contributed by atoms with Crippen molar-refractivity contribution in [1.29, 1.82) is 0 Å². The van der Waals surface area contributed by atoms with E-state index in [1.807, 2.05) is 42.5 Å². The maximum Gasteiger partial charge on any atom is 0.263 e. The van der Waals surface area contributed by atoms with Gasteiger partial charge in [0.2, 0.25) is 0 Å². The Bertz CT molecular complexity index is 1510. The summed E-state index contributed by atoms with van der Waals surface area (Å²) in [5.41, 5.74) is 2.31. The molecule has 0 fully saturated rings. The standard InChI is InChI=1S/C25H23N3O4/c1-15(24(29)27-11-5-13-31-2)32-16-8-9-21-20(14-16)18-10-12-26-22-17-6-3-4-7-19(17)25(30)28(21)23(18)22/h3-4,6-10,12,14-15H,5,11,13H2,1-2H3,(H,27,29)/t15-/m1/s1. The number of carbonyl (C=O) groups excluding carboxylic acids is 1. The minimum Gasteiger partial charge on any atom is -0.481 e. The highest BCUT2D eigenvalue weighted by atomic mass is 16.5. The lowest BCUT2D eigenvalue weighted by atomic mass is 10.1. The van der Waals surface area contributed by atoms with E-state index >= 15 is 0 Å². The summed E-state index contributed by atoms with van der Waals surface area (Å²) >= 11 is 0. The summed E-state index contributed by atoms with van der Waals surface area (Å²) in [5, 5.41) is 6.14. The number of nitrogens with one attached hydrogen (secondary N) is 1. The van der Waals surface area contributed by atoms with E-state index in [2.05, 4.69) is 10.3 Å². The van der Waals surface area contributed by atoms with Gasteiger partial charge in [-0.2, -0.15) is 0 Å². The molecule has 0 unspecified atom stereocenters. The van der Waals surface area contributed by atoms with Crippen molar-refractivity contribution in [2.24, 2.45) is 0 Å². The van der Waals surface area contributed by atoms with Crippen LogP contribution in [-0.4, -0.2) is 41.7 Å². The molecule has 32 heavy (non-hydrogen) atoms. The average molecular weight is 429 g/mol. The van der Waals surface area contributed by atoms with Crippen LogP contribution in [0.25, 0.3) is 38.1 Å². The van der Waals surface area contributed by atoms with Gasteiger partial charge in [-0.1, -0.05) is 18.2 Å². The first-order valence-electron chi connectivity index (χ1n) is 10.6. The Kier molecular flexibility index (Phi) is 5.11. The van der Waals surface area contributed by atoms with Crippen LogP contribution in [0.1, 0.15) is 13.3 Å². The quantitative estimate of drug-likeness (QED) is 0.316. The molecule has 5 aromatic rings. The van der Waals surface area contributed by atoms with Gasteiger partial charge in [0.15, 0.2) is 6.10 Å². The van der Waals surface area contributed by atoms with Crippen molar-refractivity contribution in [1.82, 2.24) is 14.7 Å². The molecular weight excluding hydrogens is 406 g/mol. The SMILES string of the molecule is COCCCNC(=O)[C@@H](C)Oc1ccc2c(c1)c1ccnc3c4ccccc4c(=O)n2c13. The van der Waals surface area contributed by atoms with E-state index in [0.717, 1.165) is 39.1 Å². The van der Waals surface area contributed by atoms with Crippen molar-refractivity contribution in [3.05, 3.63) is 65.1 Å². The van der Waals surface area contributed by atoms with Gasteiger partial charge in [0.25, 0.3) is 11.5 Å². The number of rotatable bonds is 7. The van der Waals surface area contributed by atoms with Crippen molar-refractivity contribution in [2.75, 3.05) is 20.3 Å². The Morgan fingerprint density at radius 3 is 2.72 bits per heavy atom. The molecule has 1 amide bonds. The lowest BCUT2D eigenvalue weighted by Crippen LogP contribution is -2.37. The van der Waals surface area contributed by atoms with Crippen molar-refractivity contribution in [2.45, 2.75) is 19.4 Å². The molecule has 0 spiro atoms. The maximum atomic E-state index is 13.3. The first kappa shape index (κ1) is 20.2. The lowest BCUT2D eigenvalue weighted by molar-refractivity contribution is -0.127. The monoisotopic (exact) mass is 429 g/mol. The number of methoxy groups -OCH3 is 1. The van der Waals surface area contributed by atoms with Crippen LogP contribution in [0.4, 0.5) is 0 Å². The second kappa shape index (κ2) is 8.09. The Hall–Kier alpha value is -3.71.